The van der Waals surface area contributed by atoms with E-state index in [0.29, 0.717) is 19.6 Å². The lowest BCUT2D eigenvalue weighted by molar-refractivity contribution is -0.134. The van der Waals surface area contributed by atoms with Crippen LogP contribution in [0, 0.1) is 5.92 Å². The molecule has 0 radical (unpaired) electrons. The van der Waals surface area contributed by atoms with Gasteiger partial charge in [-0.05, 0) is 43.8 Å². The minimum atomic E-state index is -0.459. The standard InChI is InChI=1S/C17H26N4O3S/c1-20(2)16(23)13-6-9-21(10-7-13)12-15(22)19-17(24)18-8-5-14-4-3-11-25-14/h3-4,11,13H,5-10,12H2,1-2H3,(H2,18,19,22,24). The lowest BCUT2D eigenvalue weighted by Crippen LogP contribution is -2.47. The third kappa shape index (κ3) is 6.47. The molecule has 2 rings (SSSR count). The van der Waals surface area contributed by atoms with E-state index in [9.17, 15) is 14.4 Å². The smallest absolute Gasteiger partial charge is 0.321 e. The van der Waals surface area contributed by atoms with Gasteiger partial charge in [-0.15, -0.1) is 11.3 Å². The van der Waals surface area contributed by atoms with Crippen molar-refractivity contribution in [2.75, 3.05) is 40.3 Å². The first-order valence-electron chi connectivity index (χ1n) is 8.49. The van der Waals surface area contributed by atoms with E-state index in [2.05, 4.69) is 10.6 Å². The summed E-state index contributed by atoms with van der Waals surface area (Å²) in [6.07, 6.45) is 2.25. The van der Waals surface area contributed by atoms with E-state index in [4.69, 9.17) is 0 Å². The number of urea groups is 1. The zero-order valence-corrected chi connectivity index (χ0v) is 15.6. The highest BCUT2D eigenvalue weighted by molar-refractivity contribution is 7.09. The molecule has 0 aromatic carbocycles. The van der Waals surface area contributed by atoms with Crippen LogP contribution in [-0.2, 0) is 16.0 Å². The Kier molecular flexibility index (Phi) is 7.39. The zero-order valence-electron chi connectivity index (χ0n) is 14.8. The van der Waals surface area contributed by atoms with Gasteiger partial charge in [-0.1, -0.05) is 6.07 Å². The first kappa shape index (κ1) is 19.4. The second-order valence-corrected chi connectivity index (χ2v) is 7.45. The molecule has 0 aliphatic carbocycles. The van der Waals surface area contributed by atoms with E-state index in [1.54, 1.807) is 30.3 Å². The Balaban J connectivity index is 1.62. The molecule has 8 heteroatoms. The molecule has 25 heavy (non-hydrogen) atoms. The van der Waals surface area contributed by atoms with Gasteiger partial charge in [0, 0.05) is 31.4 Å². The van der Waals surface area contributed by atoms with Crippen molar-refractivity contribution in [1.29, 1.82) is 0 Å². The topological polar surface area (TPSA) is 81.8 Å². The summed E-state index contributed by atoms with van der Waals surface area (Å²) in [6, 6.07) is 3.53. The molecule has 1 saturated heterocycles. The lowest BCUT2D eigenvalue weighted by Gasteiger charge is -2.31. The maximum atomic E-state index is 12.0. The Morgan fingerprint density at radius 3 is 2.60 bits per heavy atom. The second-order valence-electron chi connectivity index (χ2n) is 6.42. The van der Waals surface area contributed by atoms with Crippen LogP contribution in [0.15, 0.2) is 17.5 Å². The first-order chi connectivity index (χ1) is 12.0. The number of nitrogens with one attached hydrogen (secondary N) is 2. The third-order valence-corrected chi connectivity index (χ3v) is 5.17. The van der Waals surface area contributed by atoms with Gasteiger partial charge in [-0.3, -0.25) is 19.8 Å². The Labute approximate surface area is 152 Å². The fraction of sp³-hybridized carbons (Fsp3) is 0.588. The third-order valence-electron chi connectivity index (χ3n) is 4.23. The van der Waals surface area contributed by atoms with Gasteiger partial charge in [0.25, 0.3) is 0 Å². The summed E-state index contributed by atoms with van der Waals surface area (Å²) in [5.41, 5.74) is 0. The number of carbonyl (C=O) groups excluding carboxylic acids is 3. The average Bonchev–Trinajstić information content (AvgIpc) is 3.08. The van der Waals surface area contributed by atoms with Crippen LogP contribution in [0.4, 0.5) is 4.79 Å². The molecule has 0 bridgehead atoms. The highest BCUT2D eigenvalue weighted by Gasteiger charge is 2.26. The van der Waals surface area contributed by atoms with Gasteiger partial charge in [0.05, 0.1) is 6.54 Å². The minimum absolute atomic E-state index is 0.0369. The fourth-order valence-corrected chi connectivity index (χ4v) is 3.58. The van der Waals surface area contributed by atoms with Gasteiger partial charge in [0.2, 0.25) is 11.8 Å². The molecule has 1 fully saturated rings. The predicted molar refractivity (Wildman–Crippen MR) is 97.4 cm³/mol. The highest BCUT2D eigenvalue weighted by atomic mass is 32.1. The van der Waals surface area contributed by atoms with Crippen LogP contribution in [0.1, 0.15) is 17.7 Å². The number of nitrogens with zero attached hydrogens (tertiary/aromatic N) is 2. The maximum absolute atomic E-state index is 12.0. The summed E-state index contributed by atoms with van der Waals surface area (Å²) >= 11 is 1.64. The van der Waals surface area contributed by atoms with E-state index in [-0.39, 0.29) is 24.3 Å². The molecule has 1 aromatic rings. The van der Waals surface area contributed by atoms with E-state index in [1.807, 2.05) is 22.4 Å². The molecule has 0 spiro atoms. The number of rotatable bonds is 6. The minimum Gasteiger partial charge on any atom is -0.349 e. The van der Waals surface area contributed by atoms with Crippen LogP contribution < -0.4 is 10.6 Å². The van der Waals surface area contributed by atoms with Crippen molar-refractivity contribution in [3.8, 4) is 0 Å². The number of carbonyl (C=O) groups is 3. The molecule has 2 heterocycles. The van der Waals surface area contributed by atoms with Crippen molar-refractivity contribution in [3.05, 3.63) is 22.4 Å². The van der Waals surface area contributed by atoms with Gasteiger partial charge in [0.15, 0.2) is 0 Å². The van der Waals surface area contributed by atoms with E-state index in [1.165, 1.54) is 4.88 Å². The van der Waals surface area contributed by atoms with Crippen molar-refractivity contribution in [3.63, 3.8) is 0 Å². The van der Waals surface area contributed by atoms with Crippen LogP contribution in [0.5, 0.6) is 0 Å². The number of thiophene rings is 1. The first-order valence-corrected chi connectivity index (χ1v) is 9.37. The Morgan fingerprint density at radius 1 is 1.28 bits per heavy atom. The fourth-order valence-electron chi connectivity index (χ4n) is 2.87. The van der Waals surface area contributed by atoms with Crippen molar-refractivity contribution in [2.45, 2.75) is 19.3 Å². The molecule has 1 aliphatic rings. The Hall–Kier alpha value is -1.93. The summed E-state index contributed by atoms with van der Waals surface area (Å²) in [6.45, 7) is 2.06. The van der Waals surface area contributed by atoms with E-state index < -0.39 is 6.03 Å². The number of hydrogen-bond acceptors (Lipinski definition) is 5. The quantitative estimate of drug-likeness (QED) is 0.784. The monoisotopic (exact) mass is 366 g/mol. The van der Waals surface area contributed by atoms with Gasteiger partial charge >= 0.3 is 6.03 Å². The summed E-state index contributed by atoms with van der Waals surface area (Å²) in [5, 5.41) is 7.04. The van der Waals surface area contributed by atoms with Crippen LogP contribution >= 0.6 is 11.3 Å². The summed E-state index contributed by atoms with van der Waals surface area (Å²) in [7, 11) is 3.53. The molecule has 0 saturated carbocycles. The van der Waals surface area contributed by atoms with Gasteiger partial charge in [0.1, 0.15) is 0 Å². The van der Waals surface area contributed by atoms with Gasteiger partial charge in [-0.25, -0.2) is 4.79 Å². The van der Waals surface area contributed by atoms with Crippen LogP contribution in [0.2, 0.25) is 0 Å². The lowest BCUT2D eigenvalue weighted by atomic mass is 9.95. The molecular weight excluding hydrogens is 340 g/mol. The average molecular weight is 366 g/mol. The number of amides is 4. The van der Waals surface area contributed by atoms with E-state index >= 15 is 0 Å². The molecule has 1 aliphatic heterocycles. The molecule has 7 nitrogen and oxygen atoms in total. The van der Waals surface area contributed by atoms with Crippen LogP contribution in [0.3, 0.4) is 0 Å². The SMILES string of the molecule is CN(C)C(=O)C1CCN(CC(=O)NC(=O)NCCc2cccs2)CC1. The molecule has 4 amide bonds. The molecular formula is C17H26N4O3S. The number of likely N-dealkylation sites (tertiary alicyclic amines) is 1. The predicted octanol–water partition coefficient (Wildman–Crippen LogP) is 0.917. The maximum Gasteiger partial charge on any atom is 0.321 e. The normalized spacial score (nSPS) is 15.6. The Morgan fingerprint density at radius 2 is 2.00 bits per heavy atom. The second kappa shape index (κ2) is 9.53. The van der Waals surface area contributed by atoms with Crippen LogP contribution in [-0.4, -0.2) is 67.9 Å². The number of piperidine rings is 1. The molecule has 0 atom stereocenters. The molecule has 1 aromatic heterocycles. The van der Waals surface area contributed by atoms with Crippen molar-refractivity contribution < 1.29 is 14.4 Å². The zero-order chi connectivity index (χ0) is 18.2. The number of hydrogen-bond donors (Lipinski definition) is 2. The summed E-state index contributed by atoms with van der Waals surface area (Å²) in [4.78, 5) is 40.4. The molecule has 0 unspecified atom stereocenters. The van der Waals surface area contributed by atoms with Gasteiger partial charge < -0.3 is 10.2 Å². The van der Waals surface area contributed by atoms with Crippen molar-refractivity contribution >= 4 is 29.2 Å². The molecule has 138 valence electrons. The summed E-state index contributed by atoms with van der Waals surface area (Å²) in [5.74, 6) is -0.130. The largest absolute Gasteiger partial charge is 0.349 e. The summed E-state index contributed by atoms with van der Waals surface area (Å²) < 4.78 is 0. The highest BCUT2D eigenvalue weighted by Crippen LogP contribution is 2.18. The van der Waals surface area contributed by atoms with Crippen molar-refractivity contribution in [2.24, 2.45) is 5.92 Å². The van der Waals surface area contributed by atoms with E-state index in [0.717, 1.165) is 19.3 Å². The van der Waals surface area contributed by atoms with Crippen molar-refractivity contribution in [1.82, 2.24) is 20.4 Å². The number of imide groups is 1. The Bertz CT molecular complexity index is 581. The van der Waals surface area contributed by atoms with Crippen LogP contribution in [0.25, 0.3) is 0 Å². The van der Waals surface area contributed by atoms with Gasteiger partial charge in [-0.2, -0.15) is 0 Å². The molecule has 2 N–H and O–H groups in total.